The summed E-state index contributed by atoms with van der Waals surface area (Å²) in [5.41, 5.74) is 3.17. The summed E-state index contributed by atoms with van der Waals surface area (Å²) in [5, 5.41) is 5.07. The second-order valence-electron chi connectivity index (χ2n) is 8.65. The van der Waals surface area contributed by atoms with Gasteiger partial charge in [-0.15, -0.1) is 0 Å². The maximum atomic E-state index is 12.6. The first-order chi connectivity index (χ1) is 14.3. The Balaban J connectivity index is 1.69. The van der Waals surface area contributed by atoms with Crippen LogP contribution in [0.5, 0.6) is 0 Å². The van der Waals surface area contributed by atoms with Crippen LogP contribution in [-0.2, 0) is 32.6 Å². The summed E-state index contributed by atoms with van der Waals surface area (Å²) in [5.74, 6) is -0.645. The number of ether oxygens (including phenoxy) is 1. The van der Waals surface area contributed by atoms with Crippen LogP contribution < -0.4 is 5.32 Å². The highest BCUT2D eigenvalue weighted by Crippen LogP contribution is 2.22. The maximum absolute atomic E-state index is 12.6. The van der Waals surface area contributed by atoms with E-state index in [1.165, 1.54) is 12.7 Å². The van der Waals surface area contributed by atoms with Gasteiger partial charge in [0.2, 0.25) is 5.91 Å². The van der Waals surface area contributed by atoms with Crippen LogP contribution in [0.2, 0.25) is 0 Å². The summed E-state index contributed by atoms with van der Waals surface area (Å²) in [6.07, 6.45) is 0.599. The molecule has 0 bridgehead atoms. The molecule has 3 aromatic rings. The molecule has 0 heterocycles. The number of fused-ring (bicyclic) bond motifs is 1. The number of hydrogen-bond acceptors (Lipinski definition) is 3. The molecule has 1 amide bonds. The molecule has 0 spiro atoms. The highest BCUT2D eigenvalue weighted by molar-refractivity contribution is 5.88. The highest BCUT2D eigenvalue weighted by atomic mass is 16.5. The van der Waals surface area contributed by atoms with E-state index >= 15 is 0 Å². The van der Waals surface area contributed by atoms with Gasteiger partial charge in [0.25, 0.3) is 0 Å². The van der Waals surface area contributed by atoms with E-state index in [9.17, 15) is 9.59 Å². The van der Waals surface area contributed by atoms with E-state index in [2.05, 4.69) is 38.2 Å². The average Bonchev–Trinajstić information content (AvgIpc) is 2.72. The predicted molar refractivity (Wildman–Crippen MR) is 120 cm³/mol. The fourth-order valence-corrected chi connectivity index (χ4v) is 3.49. The molecule has 3 rings (SSSR count). The molecule has 0 saturated carbocycles. The third-order valence-electron chi connectivity index (χ3n) is 5.26. The summed E-state index contributed by atoms with van der Waals surface area (Å²) >= 11 is 0. The second kappa shape index (κ2) is 9.12. The van der Waals surface area contributed by atoms with Gasteiger partial charge in [-0.05, 0) is 32.9 Å². The number of carbonyl (C=O) groups is 2. The third kappa shape index (κ3) is 5.47. The fraction of sp³-hybridized carbons (Fsp3) is 0.308. The van der Waals surface area contributed by atoms with Crippen molar-refractivity contribution in [2.75, 3.05) is 7.11 Å². The maximum Gasteiger partial charge on any atom is 0.328 e. The molecule has 0 aliphatic heterocycles. The Bertz CT molecular complexity index is 1030. The Morgan fingerprint density at radius 3 is 2.17 bits per heavy atom. The van der Waals surface area contributed by atoms with Crippen LogP contribution in [0, 0.1) is 0 Å². The molecule has 156 valence electrons. The summed E-state index contributed by atoms with van der Waals surface area (Å²) < 4.78 is 4.92. The van der Waals surface area contributed by atoms with E-state index in [0.29, 0.717) is 6.42 Å². The smallest absolute Gasteiger partial charge is 0.328 e. The lowest BCUT2D eigenvalue weighted by Crippen LogP contribution is -2.43. The molecular formula is C26H29NO3. The van der Waals surface area contributed by atoms with Gasteiger partial charge in [0.05, 0.1) is 13.5 Å². The van der Waals surface area contributed by atoms with Gasteiger partial charge in [0.15, 0.2) is 0 Å². The van der Waals surface area contributed by atoms with Crippen molar-refractivity contribution in [2.45, 2.75) is 45.1 Å². The van der Waals surface area contributed by atoms with Crippen molar-refractivity contribution in [1.29, 1.82) is 0 Å². The number of esters is 1. The minimum absolute atomic E-state index is 0.0638. The van der Waals surface area contributed by atoms with E-state index in [4.69, 9.17) is 4.74 Å². The Hall–Kier alpha value is -3.14. The lowest BCUT2D eigenvalue weighted by molar-refractivity contribution is -0.145. The largest absolute Gasteiger partial charge is 0.467 e. The Kier molecular flexibility index (Phi) is 6.56. The zero-order valence-electron chi connectivity index (χ0n) is 18.1. The molecule has 1 N–H and O–H groups in total. The Labute approximate surface area is 178 Å². The number of benzene rings is 3. The molecule has 3 aromatic carbocycles. The van der Waals surface area contributed by atoms with Crippen LogP contribution in [0.4, 0.5) is 0 Å². The van der Waals surface area contributed by atoms with Gasteiger partial charge < -0.3 is 10.1 Å². The van der Waals surface area contributed by atoms with Crippen LogP contribution in [0.3, 0.4) is 0 Å². The summed E-state index contributed by atoms with van der Waals surface area (Å²) in [4.78, 5) is 24.9. The van der Waals surface area contributed by atoms with E-state index in [0.717, 1.165) is 21.9 Å². The number of methoxy groups -OCH3 is 1. The fourth-order valence-electron chi connectivity index (χ4n) is 3.49. The lowest BCUT2D eigenvalue weighted by Gasteiger charge is -2.20. The Morgan fingerprint density at radius 2 is 1.53 bits per heavy atom. The van der Waals surface area contributed by atoms with Crippen molar-refractivity contribution in [3.8, 4) is 0 Å². The van der Waals surface area contributed by atoms with Gasteiger partial charge in [-0.2, -0.15) is 0 Å². The van der Waals surface area contributed by atoms with Crippen LogP contribution in [-0.4, -0.2) is 25.0 Å². The van der Waals surface area contributed by atoms with Crippen molar-refractivity contribution in [3.63, 3.8) is 0 Å². The highest BCUT2D eigenvalue weighted by Gasteiger charge is 2.22. The molecule has 0 saturated heterocycles. The monoisotopic (exact) mass is 403 g/mol. The van der Waals surface area contributed by atoms with Crippen molar-refractivity contribution in [2.24, 2.45) is 0 Å². The third-order valence-corrected chi connectivity index (χ3v) is 5.26. The van der Waals surface area contributed by atoms with Gasteiger partial charge in [0.1, 0.15) is 6.04 Å². The average molecular weight is 404 g/mol. The Morgan fingerprint density at radius 1 is 0.900 bits per heavy atom. The minimum atomic E-state index is -0.719. The van der Waals surface area contributed by atoms with Crippen molar-refractivity contribution in [3.05, 3.63) is 83.4 Å². The normalized spacial score (nSPS) is 12.4. The molecule has 0 unspecified atom stereocenters. The first-order valence-corrected chi connectivity index (χ1v) is 10.2. The summed E-state index contributed by atoms with van der Waals surface area (Å²) in [6.45, 7) is 6.48. The van der Waals surface area contributed by atoms with Gasteiger partial charge in [-0.25, -0.2) is 4.79 Å². The minimum Gasteiger partial charge on any atom is -0.467 e. The molecule has 4 heteroatoms. The number of hydrogen-bond donors (Lipinski definition) is 1. The van der Waals surface area contributed by atoms with Crippen molar-refractivity contribution in [1.82, 2.24) is 5.32 Å². The van der Waals surface area contributed by atoms with E-state index < -0.39 is 12.0 Å². The van der Waals surface area contributed by atoms with Crippen molar-refractivity contribution < 1.29 is 14.3 Å². The van der Waals surface area contributed by atoms with Crippen LogP contribution >= 0.6 is 0 Å². The molecule has 0 aromatic heterocycles. The number of amides is 1. The molecule has 30 heavy (non-hydrogen) atoms. The van der Waals surface area contributed by atoms with Gasteiger partial charge in [-0.3, -0.25) is 4.79 Å². The first kappa shape index (κ1) is 21.6. The first-order valence-electron chi connectivity index (χ1n) is 10.2. The predicted octanol–water partition coefficient (Wildman–Crippen LogP) is 4.58. The van der Waals surface area contributed by atoms with Gasteiger partial charge >= 0.3 is 5.97 Å². The number of nitrogens with one attached hydrogen (secondary N) is 1. The zero-order chi connectivity index (χ0) is 21.7. The molecule has 1 atom stereocenters. The van der Waals surface area contributed by atoms with Crippen LogP contribution in [0.1, 0.15) is 37.5 Å². The molecule has 0 fully saturated rings. The standard InChI is InChI=1S/C26H29NO3/c1-26(2,3)22-13-10-18(11-14-22)16-23(25(29)30-4)27-24(28)17-19-9-12-20-7-5-6-8-21(20)15-19/h5-15,23H,16-17H2,1-4H3,(H,27,28)/t23-/m1/s1. The van der Waals surface area contributed by atoms with Gasteiger partial charge in [-0.1, -0.05) is 87.5 Å². The number of carbonyl (C=O) groups excluding carboxylic acids is 2. The quantitative estimate of drug-likeness (QED) is 0.613. The topological polar surface area (TPSA) is 55.4 Å². The summed E-state index contributed by atoms with van der Waals surface area (Å²) in [7, 11) is 1.34. The van der Waals surface area contributed by atoms with Crippen LogP contribution in [0.15, 0.2) is 66.7 Å². The molecule has 4 nitrogen and oxygen atoms in total. The molecule has 0 radical (unpaired) electrons. The molecule has 0 aliphatic rings. The van der Waals surface area contributed by atoms with E-state index in [1.807, 2.05) is 54.6 Å². The van der Waals surface area contributed by atoms with Crippen molar-refractivity contribution >= 4 is 22.6 Å². The lowest BCUT2D eigenvalue weighted by atomic mass is 9.86. The SMILES string of the molecule is COC(=O)[C@@H](Cc1ccc(C(C)(C)C)cc1)NC(=O)Cc1ccc2ccccc2c1. The van der Waals surface area contributed by atoms with E-state index in [-0.39, 0.29) is 17.7 Å². The summed E-state index contributed by atoms with van der Waals surface area (Å²) in [6, 6.07) is 21.4. The number of rotatable bonds is 6. The van der Waals surface area contributed by atoms with Crippen LogP contribution in [0.25, 0.3) is 10.8 Å². The van der Waals surface area contributed by atoms with E-state index in [1.54, 1.807) is 0 Å². The van der Waals surface area contributed by atoms with Gasteiger partial charge in [0, 0.05) is 6.42 Å². The second-order valence-corrected chi connectivity index (χ2v) is 8.65. The zero-order valence-corrected chi connectivity index (χ0v) is 18.1. The molecule has 0 aliphatic carbocycles. The molecular weight excluding hydrogens is 374 g/mol.